The molecule has 0 saturated heterocycles. The summed E-state index contributed by atoms with van der Waals surface area (Å²) >= 11 is 0. The molecule has 4 nitrogen and oxygen atoms in total. The maximum absolute atomic E-state index is 5.76. The molecule has 0 spiro atoms. The van der Waals surface area contributed by atoms with Crippen LogP contribution in [0.5, 0.6) is 5.75 Å². The van der Waals surface area contributed by atoms with Crippen molar-refractivity contribution in [2.24, 2.45) is 5.73 Å². The first-order chi connectivity index (χ1) is 10.3. The molecule has 108 valence electrons. The molecule has 3 N–H and O–H groups in total. The van der Waals surface area contributed by atoms with Crippen LogP contribution in [-0.2, 0) is 13.0 Å². The molecule has 0 unspecified atom stereocenters. The quantitative estimate of drug-likeness (QED) is 0.755. The number of aromatic nitrogens is 2. The van der Waals surface area contributed by atoms with Crippen molar-refractivity contribution in [3.05, 3.63) is 59.4 Å². The molecule has 21 heavy (non-hydrogen) atoms. The molecule has 0 fully saturated rings. The smallest absolute Gasteiger partial charge is 0.119 e. The van der Waals surface area contributed by atoms with Crippen LogP contribution in [-0.4, -0.2) is 16.6 Å². The predicted molar refractivity (Wildman–Crippen MR) is 84.4 cm³/mol. The van der Waals surface area contributed by atoms with Crippen molar-refractivity contribution in [2.75, 3.05) is 6.61 Å². The Kier molecular flexibility index (Phi) is 3.88. The lowest BCUT2D eigenvalue weighted by molar-refractivity contribution is 0.319. The van der Waals surface area contributed by atoms with Crippen molar-refractivity contribution < 1.29 is 4.74 Å². The largest absolute Gasteiger partial charge is 0.493 e. The molecular weight excluding hydrogens is 262 g/mol. The summed E-state index contributed by atoms with van der Waals surface area (Å²) in [6.07, 6.45) is 0.743. The molecule has 2 aromatic carbocycles. The van der Waals surface area contributed by atoms with Crippen molar-refractivity contribution in [1.82, 2.24) is 9.97 Å². The zero-order valence-corrected chi connectivity index (χ0v) is 12.1. The van der Waals surface area contributed by atoms with Crippen LogP contribution in [0.1, 0.15) is 17.0 Å². The second kappa shape index (κ2) is 5.97. The number of nitrogens with one attached hydrogen (secondary N) is 1. The summed E-state index contributed by atoms with van der Waals surface area (Å²) in [6.45, 7) is 3.16. The Hall–Kier alpha value is -2.33. The molecule has 0 aliphatic heterocycles. The lowest BCUT2D eigenvalue weighted by Crippen LogP contribution is -2.02. The first kappa shape index (κ1) is 13.6. The molecular formula is C17H19N3O. The molecule has 1 heterocycles. The lowest BCUT2D eigenvalue weighted by Gasteiger charge is -2.05. The van der Waals surface area contributed by atoms with Crippen LogP contribution in [0, 0.1) is 6.92 Å². The summed E-state index contributed by atoms with van der Waals surface area (Å²) in [6, 6.07) is 14.1. The molecule has 0 amide bonds. The van der Waals surface area contributed by atoms with E-state index >= 15 is 0 Å². The number of aromatic amines is 1. The first-order valence-electron chi connectivity index (χ1n) is 7.12. The average Bonchev–Trinajstić information content (AvgIpc) is 2.90. The minimum atomic E-state index is 0.501. The fraction of sp³-hybridized carbons (Fsp3) is 0.235. The van der Waals surface area contributed by atoms with E-state index in [2.05, 4.69) is 23.0 Å². The van der Waals surface area contributed by atoms with Gasteiger partial charge in [-0.15, -0.1) is 0 Å². The number of fused-ring (bicyclic) bond motifs is 1. The Labute approximate surface area is 124 Å². The van der Waals surface area contributed by atoms with Gasteiger partial charge in [0, 0.05) is 13.0 Å². The topological polar surface area (TPSA) is 63.9 Å². The highest BCUT2D eigenvalue weighted by atomic mass is 16.5. The van der Waals surface area contributed by atoms with Gasteiger partial charge in [-0.25, -0.2) is 4.98 Å². The van der Waals surface area contributed by atoms with Gasteiger partial charge < -0.3 is 15.5 Å². The molecule has 0 atom stereocenters. The van der Waals surface area contributed by atoms with Crippen LogP contribution in [0.2, 0.25) is 0 Å². The van der Waals surface area contributed by atoms with E-state index in [4.69, 9.17) is 10.5 Å². The highest BCUT2D eigenvalue weighted by Gasteiger charge is 2.06. The number of hydrogen-bond acceptors (Lipinski definition) is 3. The van der Waals surface area contributed by atoms with Crippen molar-refractivity contribution in [2.45, 2.75) is 19.9 Å². The predicted octanol–water partition coefficient (Wildman–Crippen LogP) is 2.95. The molecule has 0 bridgehead atoms. The van der Waals surface area contributed by atoms with Crippen LogP contribution in [0.3, 0.4) is 0 Å². The molecule has 3 aromatic rings. The Morgan fingerprint density at radius 3 is 2.86 bits per heavy atom. The first-order valence-corrected chi connectivity index (χ1v) is 7.12. The van der Waals surface area contributed by atoms with Crippen molar-refractivity contribution in [3.63, 3.8) is 0 Å². The Bertz CT molecular complexity index is 749. The van der Waals surface area contributed by atoms with E-state index in [1.807, 2.05) is 36.4 Å². The van der Waals surface area contributed by atoms with Gasteiger partial charge in [0.1, 0.15) is 11.6 Å². The summed E-state index contributed by atoms with van der Waals surface area (Å²) in [5.74, 6) is 1.83. The number of H-pyrrole nitrogens is 1. The SMILES string of the molecule is Cc1cccc(OCCc2nc3c(CN)cccc3[nH]2)c1. The van der Waals surface area contributed by atoms with Gasteiger partial charge in [-0.1, -0.05) is 24.3 Å². The normalized spacial score (nSPS) is 11.0. The van der Waals surface area contributed by atoms with Crippen LogP contribution >= 0.6 is 0 Å². The van der Waals surface area contributed by atoms with Gasteiger partial charge in [0.25, 0.3) is 0 Å². The monoisotopic (exact) mass is 281 g/mol. The fourth-order valence-electron chi connectivity index (χ4n) is 2.40. The average molecular weight is 281 g/mol. The maximum Gasteiger partial charge on any atom is 0.119 e. The Balaban J connectivity index is 1.68. The van der Waals surface area contributed by atoms with Gasteiger partial charge in [-0.2, -0.15) is 0 Å². The minimum Gasteiger partial charge on any atom is -0.493 e. The van der Waals surface area contributed by atoms with Crippen molar-refractivity contribution >= 4 is 11.0 Å². The summed E-state index contributed by atoms with van der Waals surface area (Å²) in [5.41, 5.74) is 9.99. The van der Waals surface area contributed by atoms with Gasteiger partial charge in [-0.05, 0) is 36.2 Å². The number of imidazole rings is 1. The van der Waals surface area contributed by atoms with E-state index in [0.717, 1.165) is 34.6 Å². The zero-order valence-electron chi connectivity index (χ0n) is 12.1. The number of para-hydroxylation sites is 1. The van der Waals surface area contributed by atoms with Crippen molar-refractivity contribution in [1.29, 1.82) is 0 Å². The number of rotatable bonds is 5. The molecule has 0 aliphatic rings. The maximum atomic E-state index is 5.76. The lowest BCUT2D eigenvalue weighted by atomic mass is 10.2. The zero-order chi connectivity index (χ0) is 14.7. The molecule has 4 heteroatoms. The van der Waals surface area contributed by atoms with E-state index in [9.17, 15) is 0 Å². The van der Waals surface area contributed by atoms with Crippen molar-refractivity contribution in [3.8, 4) is 5.75 Å². The second-order valence-electron chi connectivity index (χ2n) is 5.12. The summed E-state index contributed by atoms with van der Waals surface area (Å²) in [5, 5.41) is 0. The third-order valence-electron chi connectivity index (χ3n) is 3.46. The van der Waals surface area contributed by atoms with E-state index in [0.29, 0.717) is 13.2 Å². The Morgan fingerprint density at radius 1 is 1.19 bits per heavy atom. The third-order valence-corrected chi connectivity index (χ3v) is 3.46. The summed E-state index contributed by atoms with van der Waals surface area (Å²) in [7, 11) is 0. The highest BCUT2D eigenvalue weighted by Crippen LogP contribution is 2.17. The third kappa shape index (κ3) is 3.06. The second-order valence-corrected chi connectivity index (χ2v) is 5.12. The highest BCUT2D eigenvalue weighted by molar-refractivity contribution is 5.78. The van der Waals surface area contributed by atoms with E-state index in [1.165, 1.54) is 5.56 Å². The summed E-state index contributed by atoms with van der Waals surface area (Å²) in [4.78, 5) is 7.94. The van der Waals surface area contributed by atoms with Crippen LogP contribution in [0.25, 0.3) is 11.0 Å². The van der Waals surface area contributed by atoms with Gasteiger partial charge in [0.15, 0.2) is 0 Å². The van der Waals surface area contributed by atoms with Crippen LogP contribution < -0.4 is 10.5 Å². The van der Waals surface area contributed by atoms with E-state index in [1.54, 1.807) is 0 Å². The van der Waals surface area contributed by atoms with Gasteiger partial charge in [0.05, 0.1) is 17.6 Å². The number of nitrogens with two attached hydrogens (primary N) is 1. The van der Waals surface area contributed by atoms with Gasteiger partial charge >= 0.3 is 0 Å². The van der Waals surface area contributed by atoms with E-state index in [-0.39, 0.29) is 0 Å². The minimum absolute atomic E-state index is 0.501. The molecule has 0 saturated carbocycles. The molecule has 0 radical (unpaired) electrons. The Morgan fingerprint density at radius 2 is 2.05 bits per heavy atom. The number of ether oxygens (including phenoxy) is 1. The van der Waals surface area contributed by atoms with E-state index < -0.39 is 0 Å². The van der Waals surface area contributed by atoms with Crippen LogP contribution in [0.15, 0.2) is 42.5 Å². The van der Waals surface area contributed by atoms with Gasteiger partial charge in [0.2, 0.25) is 0 Å². The number of aryl methyl sites for hydroxylation is 1. The molecule has 3 rings (SSSR count). The fourth-order valence-corrected chi connectivity index (χ4v) is 2.40. The number of nitrogens with zero attached hydrogens (tertiary/aromatic N) is 1. The summed E-state index contributed by atoms with van der Waals surface area (Å²) < 4.78 is 5.76. The number of benzene rings is 2. The number of hydrogen-bond donors (Lipinski definition) is 2. The van der Waals surface area contributed by atoms with Gasteiger partial charge in [-0.3, -0.25) is 0 Å². The molecule has 0 aliphatic carbocycles. The molecule has 1 aromatic heterocycles. The van der Waals surface area contributed by atoms with Crippen LogP contribution in [0.4, 0.5) is 0 Å². The standard InChI is InChI=1S/C17H19N3O/c1-12-4-2-6-14(10-12)21-9-8-16-19-15-7-3-5-13(11-18)17(15)20-16/h2-7,10H,8-9,11,18H2,1H3,(H,19,20).